The monoisotopic (exact) mass is 320 g/mol. The number of benzene rings is 1. The summed E-state index contributed by atoms with van der Waals surface area (Å²) >= 11 is 0. The van der Waals surface area contributed by atoms with Crippen molar-refractivity contribution in [1.82, 2.24) is 4.98 Å². The van der Waals surface area contributed by atoms with Gasteiger partial charge in [-0.15, -0.1) is 0 Å². The molecule has 0 unspecified atom stereocenters. The molecule has 1 heterocycles. The number of amides is 1. The van der Waals surface area contributed by atoms with Gasteiger partial charge in [-0.3, -0.25) is 4.79 Å². The van der Waals surface area contributed by atoms with Gasteiger partial charge in [0.2, 0.25) is 5.88 Å². The highest BCUT2D eigenvalue weighted by Gasteiger charge is 2.14. The molecule has 1 amide bonds. The predicted octanol–water partition coefficient (Wildman–Crippen LogP) is 2.14. The molecule has 0 aliphatic rings. The minimum Gasteiger partial charge on any atom is -0.477 e. The smallest absolute Gasteiger partial charge is 0.261 e. The van der Waals surface area contributed by atoms with Gasteiger partial charge in [0.25, 0.3) is 5.91 Å². The fraction of sp³-hybridized carbons (Fsp3) is 0.200. The van der Waals surface area contributed by atoms with Crippen molar-refractivity contribution >= 4 is 21.4 Å². The standard InChI is InChI=1S/C15H16N2O4S/c1-3-21-15-13(5-4-10-16-15)14(18)17-11-6-8-12(9-7-11)22(2,19)20/h4-10H,3H2,1-2H3,(H,17,18). The largest absolute Gasteiger partial charge is 0.477 e. The molecule has 0 spiro atoms. The van der Waals surface area contributed by atoms with E-state index in [9.17, 15) is 13.2 Å². The molecule has 0 saturated heterocycles. The number of rotatable bonds is 5. The van der Waals surface area contributed by atoms with E-state index in [2.05, 4.69) is 10.3 Å². The highest BCUT2D eigenvalue weighted by molar-refractivity contribution is 7.90. The van der Waals surface area contributed by atoms with Crippen LogP contribution in [-0.2, 0) is 9.84 Å². The Hall–Kier alpha value is -2.41. The van der Waals surface area contributed by atoms with Gasteiger partial charge in [0.15, 0.2) is 9.84 Å². The van der Waals surface area contributed by atoms with Crippen LogP contribution in [-0.4, -0.2) is 32.2 Å². The topological polar surface area (TPSA) is 85.4 Å². The minimum absolute atomic E-state index is 0.196. The molecule has 22 heavy (non-hydrogen) atoms. The molecule has 1 N–H and O–H groups in total. The summed E-state index contributed by atoms with van der Waals surface area (Å²) in [6.07, 6.45) is 2.67. The van der Waals surface area contributed by atoms with Crippen LogP contribution >= 0.6 is 0 Å². The highest BCUT2D eigenvalue weighted by atomic mass is 32.2. The molecule has 0 aliphatic carbocycles. The van der Waals surface area contributed by atoms with Crippen LogP contribution in [0.3, 0.4) is 0 Å². The predicted molar refractivity (Wildman–Crippen MR) is 82.9 cm³/mol. The maximum Gasteiger partial charge on any atom is 0.261 e. The molecule has 0 bridgehead atoms. The summed E-state index contributed by atoms with van der Waals surface area (Å²) in [4.78, 5) is 16.5. The van der Waals surface area contributed by atoms with E-state index in [1.165, 1.54) is 24.3 Å². The first-order valence-electron chi connectivity index (χ1n) is 6.61. The Balaban J connectivity index is 2.19. The third kappa shape index (κ3) is 3.82. The van der Waals surface area contributed by atoms with Gasteiger partial charge in [-0.1, -0.05) is 0 Å². The molecule has 1 aromatic carbocycles. The zero-order valence-corrected chi connectivity index (χ0v) is 13.1. The molecular weight excluding hydrogens is 304 g/mol. The Labute approximate surface area is 129 Å². The van der Waals surface area contributed by atoms with Crippen molar-refractivity contribution in [2.24, 2.45) is 0 Å². The van der Waals surface area contributed by atoms with Crippen molar-refractivity contribution in [2.75, 3.05) is 18.2 Å². The van der Waals surface area contributed by atoms with E-state index in [4.69, 9.17) is 4.74 Å². The third-order valence-electron chi connectivity index (χ3n) is 2.84. The normalized spacial score (nSPS) is 11.0. The van der Waals surface area contributed by atoms with Gasteiger partial charge in [0.05, 0.1) is 11.5 Å². The summed E-state index contributed by atoms with van der Waals surface area (Å²) in [6, 6.07) is 9.20. The Bertz CT molecular complexity index is 770. The first-order valence-corrected chi connectivity index (χ1v) is 8.50. The average molecular weight is 320 g/mol. The molecule has 0 saturated carbocycles. The zero-order chi connectivity index (χ0) is 16.2. The van der Waals surface area contributed by atoms with Crippen LogP contribution in [0.5, 0.6) is 5.88 Å². The van der Waals surface area contributed by atoms with Crippen LogP contribution in [0.2, 0.25) is 0 Å². The molecule has 6 nitrogen and oxygen atoms in total. The minimum atomic E-state index is -3.26. The van der Waals surface area contributed by atoms with E-state index in [-0.39, 0.29) is 16.7 Å². The van der Waals surface area contributed by atoms with Gasteiger partial charge in [0, 0.05) is 18.1 Å². The second-order valence-corrected chi connectivity index (χ2v) is 6.56. The SMILES string of the molecule is CCOc1ncccc1C(=O)Nc1ccc(S(C)(=O)=O)cc1. The third-order valence-corrected chi connectivity index (χ3v) is 3.97. The molecule has 2 aromatic rings. The maximum atomic E-state index is 12.2. The number of sulfone groups is 1. The number of aromatic nitrogens is 1. The lowest BCUT2D eigenvalue weighted by Crippen LogP contribution is -2.14. The van der Waals surface area contributed by atoms with E-state index in [0.717, 1.165) is 6.26 Å². The Morgan fingerprint density at radius 3 is 2.50 bits per heavy atom. The fourth-order valence-corrected chi connectivity index (χ4v) is 2.43. The van der Waals surface area contributed by atoms with Crippen molar-refractivity contribution in [1.29, 1.82) is 0 Å². The quantitative estimate of drug-likeness (QED) is 0.912. The summed E-state index contributed by atoms with van der Waals surface area (Å²) in [5, 5.41) is 2.68. The highest BCUT2D eigenvalue weighted by Crippen LogP contribution is 2.18. The van der Waals surface area contributed by atoms with Gasteiger partial charge in [0.1, 0.15) is 5.56 Å². The van der Waals surface area contributed by atoms with Crippen molar-refractivity contribution in [3.8, 4) is 5.88 Å². The van der Waals surface area contributed by atoms with Gasteiger partial charge >= 0.3 is 0 Å². The second kappa shape index (κ2) is 6.57. The van der Waals surface area contributed by atoms with Crippen molar-refractivity contribution in [3.05, 3.63) is 48.2 Å². The number of pyridine rings is 1. The van der Waals surface area contributed by atoms with Gasteiger partial charge in [-0.05, 0) is 43.3 Å². The number of carbonyl (C=O) groups excluding carboxylic acids is 1. The van der Waals surface area contributed by atoms with E-state index in [1.807, 2.05) is 0 Å². The number of ether oxygens (including phenoxy) is 1. The summed E-state index contributed by atoms with van der Waals surface area (Å²) in [5.74, 6) is -0.112. The zero-order valence-electron chi connectivity index (χ0n) is 12.2. The van der Waals surface area contributed by atoms with Crippen LogP contribution < -0.4 is 10.1 Å². The van der Waals surface area contributed by atoms with Crippen molar-refractivity contribution in [2.45, 2.75) is 11.8 Å². The van der Waals surface area contributed by atoms with Crippen LogP contribution in [0.4, 0.5) is 5.69 Å². The van der Waals surface area contributed by atoms with Crippen LogP contribution in [0.25, 0.3) is 0 Å². The first-order chi connectivity index (χ1) is 10.4. The second-order valence-electron chi connectivity index (χ2n) is 4.54. The Morgan fingerprint density at radius 2 is 1.91 bits per heavy atom. The number of carbonyl (C=O) groups is 1. The summed E-state index contributed by atoms with van der Waals surface area (Å²) < 4.78 is 28.1. The van der Waals surface area contributed by atoms with E-state index >= 15 is 0 Å². The van der Waals surface area contributed by atoms with Gasteiger partial charge < -0.3 is 10.1 Å². The van der Waals surface area contributed by atoms with Crippen molar-refractivity contribution < 1.29 is 17.9 Å². The lowest BCUT2D eigenvalue weighted by atomic mass is 10.2. The molecule has 7 heteroatoms. The number of hydrogen-bond donors (Lipinski definition) is 1. The molecule has 0 atom stereocenters. The van der Waals surface area contributed by atoms with E-state index in [0.29, 0.717) is 17.9 Å². The molecule has 2 rings (SSSR count). The molecule has 1 aromatic heterocycles. The average Bonchev–Trinajstić information content (AvgIpc) is 2.47. The molecule has 0 radical (unpaired) electrons. The molecular formula is C15H16N2O4S. The van der Waals surface area contributed by atoms with E-state index in [1.54, 1.807) is 25.3 Å². The molecule has 116 valence electrons. The summed E-state index contributed by atoms with van der Waals surface area (Å²) in [6.45, 7) is 2.21. The van der Waals surface area contributed by atoms with Gasteiger partial charge in [-0.2, -0.15) is 0 Å². The number of nitrogens with one attached hydrogen (secondary N) is 1. The summed E-state index contributed by atoms with van der Waals surface area (Å²) in [7, 11) is -3.26. The Kier molecular flexibility index (Phi) is 4.77. The molecule has 0 fully saturated rings. The van der Waals surface area contributed by atoms with Crippen LogP contribution in [0.15, 0.2) is 47.5 Å². The lowest BCUT2D eigenvalue weighted by Gasteiger charge is -2.09. The summed E-state index contributed by atoms with van der Waals surface area (Å²) in [5.41, 5.74) is 0.806. The number of nitrogens with zero attached hydrogens (tertiary/aromatic N) is 1. The fourth-order valence-electron chi connectivity index (χ4n) is 1.80. The maximum absolute atomic E-state index is 12.2. The van der Waals surface area contributed by atoms with E-state index < -0.39 is 9.84 Å². The number of anilines is 1. The van der Waals surface area contributed by atoms with Crippen molar-refractivity contribution in [3.63, 3.8) is 0 Å². The van der Waals surface area contributed by atoms with Gasteiger partial charge in [-0.25, -0.2) is 13.4 Å². The first kappa shape index (κ1) is 16.0. The van der Waals surface area contributed by atoms with Crippen LogP contribution in [0, 0.1) is 0 Å². The lowest BCUT2D eigenvalue weighted by molar-refractivity contribution is 0.102. The Morgan fingerprint density at radius 1 is 1.23 bits per heavy atom. The molecule has 0 aliphatic heterocycles. The van der Waals surface area contributed by atoms with Crippen LogP contribution in [0.1, 0.15) is 17.3 Å². The number of hydrogen-bond acceptors (Lipinski definition) is 5.